The van der Waals surface area contributed by atoms with Gasteiger partial charge in [-0.25, -0.2) is 0 Å². The fourth-order valence-electron chi connectivity index (χ4n) is 1.04. The Balaban J connectivity index is 2.37. The van der Waals surface area contributed by atoms with Crippen LogP contribution in [0.2, 0.25) is 0 Å². The highest BCUT2D eigenvalue weighted by molar-refractivity contribution is 5.77. The maximum Gasteiger partial charge on any atom is 0.258 e. The average molecular weight is 219 g/mol. The number of rotatable bonds is 5. The molecule has 1 rings (SSSR count). The molecule has 0 fully saturated rings. The smallest absolute Gasteiger partial charge is 0.258 e. The first-order valence-corrected chi connectivity index (χ1v) is 4.79. The van der Waals surface area contributed by atoms with Crippen molar-refractivity contribution in [1.82, 2.24) is 5.32 Å². The van der Waals surface area contributed by atoms with Gasteiger partial charge in [-0.1, -0.05) is 18.1 Å². The van der Waals surface area contributed by atoms with E-state index >= 15 is 0 Å². The van der Waals surface area contributed by atoms with Gasteiger partial charge in [-0.3, -0.25) is 4.79 Å². The molecule has 0 unspecified atom stereocenters. The Bertz CT molecular complexity index is 378. The monoisotopic (exact) mass is 219 g/mol. The molecule has 1 aromatic rings. The number of hydrogen-bond donors (Lipinski definition) is 2. The number of carbonyl (C=O) groups is 1. The van der Waals surface area contributed by atoms with Crippen LogP contribution in [0.15, 0.2) is 24.3 Å². The van der Waals surface area contributed by atoms with Gasteiger partial charge in [0.15, 0.2) is 6.61 Å². The lowest BCUT2D eigenvalue weighted by Gasteiger charge is -2.06. The van der Waals surface area contributed by atoms with Crippen LogP contribution < -0.4 is 10.1 Å². The van der Waals surface area contributed by atoms with Gasteiger partial charge in [-0.2, -0.15) is 0 Å². The van der Waals surface area contributed by atoms with Crippen molar-refractivity contribution in [2.24, 2.45) is 0 Å². The number of terminal acetylenes is 1. The predicted molar refractivity (Wildman–Crippen MR) is 59.7 cm³/mol. The van der Waals surface area contributed by atoms with Crippen molar-refractivity contribution >= 4 is 5.91 Å². The van der Waals surface area contributed by atoms with E-state index < -0.39 is 0 Å². The summed E-state index contributed by atoms with van der Waals surface area (Å²) in [7, 11) is 0. The van der Waals surface area contributed by atoms with Gasteiger partial charge in [0.05, 0.1) is 13.2 Å². The van der Waals surface area contributed by atoms with Crippen molar-refractivity contribution < 1.29 is 14.6 Å². The highest BCUT2D eigenvalue weighted by Gasteiger charge is 2.01. The molecule has 84 valence electrons. The second-order valence-electron chi connectivity index (χ2n) is 3.07. The summed E-state index contributed by atoms with van der Waals surface area (Å²) in [6.45, 7) is 0.120. The van der Waals surface area contributed by atoms with Gasteiger partial charge in [0.1, 0.15) is 5.75 Å². The Morgan fingerprint density at radius 2 is 2.12 bits per heavy atom. The van der Waals surface area contributed by atoms with E-state index in [1.54, 1.807) is 24.3 Å². The standard InChI is InChI=1S/C12H13NO3/c1-2-7-13-12(15)9-16-11-5-3-10(8-14)4-6-11/h1,3-6,14H,7-9H2,(H,13,15). The summed E-state index contributed by atoms with van der Waals surface area (Å²) in [4.78, 5) is 11.1. The predicted octanol–water partition coefficient (Wildman–Crippen LogP) is 0.307. The third kappa shape index (κ3) is 4.03. The maximum atomic E-state index is 11.1. The van der Waals surface area contributed by atoms with E-state index in [2.05, 4.69) is 11.2 Å². The molecule has 0 aromatic heterocycles. The fraction of sp³-hybridized carbons (Fsp3) is 0.250. The minimum atomic E-state index is -0.260. The molecule has 0 saturated heterocycles. The highest BCUT2D eigenvalue weighted by Crippen LogP contribution is 2.11. The Morgan fingerprint density at radius 1 is 1.44 bits per heavy atom. The van der Waals surface area contributed by atoms with E-state index in [1.807, 2.05) is 0 Å². The highest BCUT2D eigenvalue weighted by atomic mass is 16.5. The van der Waals surface area contributed by atoms with Crippen LogP contribution in [0.4, 0.5) is 0 Å². The summed E-state index contributed by atoms with van der Waals surface area (Å²) in [5, 5.41) is 11.3. The number of aliphatic hydroxyl groups is 1. The quantitative estimate of drug-likeness (QED) is 0.701. The van der Waals surface area contributed by atoms with Crippen molar-refractivity contribution in [3.8, 4) is 18.1 Å². The van der Waals surface area contributed by atoms with Gasteiger partial charge in [0.25, 0.3) is 5.91 Å². The minimum absolute atomic E-state index is 0.0110. The van der Waals surface area contributed by atoms with Crippen molar-refractivity contribution in [3.05, 3.63) is 29.8 Å². The van der Waals surface area contributed by atoms with E-state index in [4.69, 9.17) is 16.3 Å². The molecule has 0 saturated carbocycles. The van der Waals surface area contributed by atoms with Crippen LogP contribution in [-0.4, -0.2) is 24.2 Å². The zero-order valence-electron chi connectivity index (χ0n) is 8.77. The SMILES string of the molecule is C#CCNC(=O)COc1ccc(CO)cc1. The van der Waals surface area contributed by atoms with Gasteiger partial charge >= 0.3 is 0 Å². The molecule has 0 aliphatic carbocycles. The zero-order valence-corrected chi connectivity index (χ0v) is 8.77. The van der Waals surface area contributed by atoms with E-state index in [0.29, 0.717) is 5.75 Å². The number of nitrogens with one attached hydrogen (secondary N) is 1. The van der Waals surface area contributed by atoms with Crippen LogP contribution in [0.5, 0.6) is 5.75 Å². The largest absolute Gasteiger partial charge is 0.484 e. The number of carbonyl (C=O) groups excluding carboxylic acids is 1. The molecule has 0 aliphatic heterocycles. The second-order valence-corrected chi connectivity index (χ2v) is 3.07. The average Bonchev–Trinajstić information content (AvgIpc) is 2.34. The maximum absolute atomic E-state index is 11.1. The van der Waals surface area contributed by atoms with E-state index in [1.165, 1.54) is 0 Å². The Morgan fingerprint density at radius 3 is 2.69 bits per heavy atom. The molecule has 0 aliphatic rings. The first kappa shape index (κ1) is 12.1. The Kier molecular flexibility index (Phi) is 4.90. The van der Waals surface area contributed by atoms with Gasteiger partial charge in [-0.05, 0) is 17.7 Å². The van der Waals surface area contributed by atoms with Gasteiger partial charge < -0.3 is 15.2 Å². The lowest BCUT2D eigenvalue weighted by molar-refractivity contribution is -0.122. The van der Waals surface area contributed by atoms with Crippen LogP contribution >= 0.6 is 0 Å². The van der Waals surface area contributed by atoms with Crippen LogP contribution in [0.25, 0.3) is 0 Å². The summed E-state index contributed by atoms with van der Waals surface area (Å²) < 4.78 is 5.20. The lowest BCUT2D eigenvalue weighted by Crippen LogP contribution is -2.28. The first-order chi connectivity index (χ1) is 7.76. The summed E-state index contributed by atoms with van der Waals surface area (Å²) in [6, 6.07) is 6.85. The topological polar surface area (TPSA) is 58.6 Å². The number of ether oxygens (including phenoxy) is 1. The number of aliphatic hydroxyl groups excluding tert-OH is 1. The van der Waals surface area contributed by atoms with Crippen LogP contribution in [0.3, 0.4) is 0 Å². The van der Waals surface area contributed by atoms with Crippen molar-refractivity contribution in [1.29, 1.82) is 0 Å². The summed E-state index contributed by atoms with van der Waals surface area (Å²) >= 11 is 0. The molecule has 0 heterocycles. The molecule has 1 amide bonds. The first-order valence-electron chi connectivity index (χ1n) is 4.79. The third-order valence-corrected chi connectivity index (χ3v) is 1.86. The normalized spacial score (nSPS) is 9.25. The third-order valence-electron chi connectivity index (χ3n) is 1.86. The van der Waals surface area contributed by atoms with E-state index in [0.717, 1.165) is 5.56 Å². The second kappa shape index (κ2) is 6.49. The molecule has 0 spiro atoms. The minimum Gasteiger partial charge on any atom is -0.484 e. The molecular formula is C12H13NO3. The summed E-state index contributed by atoms with van der Waals surface area (Å²) in [5.41, 5.74) is 0.795. The molecule has 0 radical (unpaired) electrons. The zero-order chi connectivity index (χ0) is 11.8. The number of hydrogen-bond acceptors (Lipinski definition) is 3. The molecule has 0 bridgehead atoms. The van der Waals surface area contributed by atoms with Gasteiger partial charge in [-0.15, -0.1) is 6.42 Å². The number of amides is 1. The Hall–Kier alpha value is -1.99. The molecule has 4 heteroatoms. The summed E-state index contributed by atoms with van der Waals surface area (Å²) in [5.74, 6) is 2.61. The lowest BCUT2D eigenvalue weighted by atomic mass is 10.2. The molecule has 4 nitrogen and oxygen atoms in total. The van der Waals surface area contributed by atoms with E-state index in [9.17, 15) is 4.79 Å². The molecule has 2 N–H and O–H groups in total. The van der Waals surface area contributed by atoms with Crippen molar-refractivity contribution in [3.63, 3.8) is 0 Å². The van der Waals surface area contributed by atoms with Crippen LogP contribution in [-0.2, 0) is 11.4 Å². The van der Waals surface area contributed by atoms with Gasteiger partial charge in [0, 0.05) is 0 Å². The van der Waals surface area contributed by atoms with Gasteiger partial charge in [0.2, 0.25) is 0 Å². The fourth-order valence-corrected chi connectivity index (χ4v) is 1.04. The van der Waals surface area contributed by atoms with Crippen LogP contribution in [0.1, 0.15) is 5.56 Å². The molecule has 0 atom stereocenters. The van der Waals surface area contributed by atoms with E-state index in [-0.39, 0.29) is 25.7 Å². The molecule has 16 heavy (non-hydrogen) atoms. The molecular weight excluding hydrogens is 206 g/mol. The molecule has 1 aromatic carbocycles. The Labute approximate surface area is 94.2 Å². The number of benzene rings is 1. The van der Waals surface area contributed by atoms with Crippen LogP contribution in [0, 0.1) is 12.3 Å². The van der Waals surface area contributed by atoms with Crippen molar-refractivity contribution in [2.45, 2.75) is 6.61 Å². The summed E-state index contributed by atoms with van der Waals surface area (Å²) in [6.07, 6.45) is 4.99. The van der Waals surface area contributed by atoms with Crippen molar-refractivity contribution in [2.75, 3.05) is 13.2 Å².